The van der Waals surface area contributed by atoms with Gasteiger partial charge in [0.15, 0.2) is 0 Å². The molecule has 7 nitrogen and oxygen atoms in total. The van der Waals surface area contributed by atoms with E-state index in [1.165, 1.54) is 7.11 Å². The number of esters is 1. The number of benzene rings is 1. The molecular weight excluding hydrogens is 315 g/mol. The molecule has 1 rings (SSSR count). The summed E-state index contributed by atoms with van der Waals surface area (Å²) in [6.07, 6.45) is -0.274. The van der Waals surface area contributed by atoms with Crippen LogP contribution in [0.5, 0.6) is 0 Å². The Balaban J connectivity index is 0.00000441. The van der Waals surface area contributed by atoms with Gasteiger partial charge in [0.05, 0.1) is 19.6 Å². The van der Waals surface area contributed by atoms with Gasteiger partial charge in [0.2, 0.25) is 5.91 Å². The van der Waals surface area contributed by atoms with E-state index in [9.17, 15) is 14.4 Å². The zero-order chi connectivity index (χ0) is 15.8. The summed E-state index contributed by atoms with van der Waals surface area (Å²) in [6, 6.07) is 6.93. The van der Waals surface area contributed by atoms with E-state index in [0.29, 0.717) is 0 Å². The van der Waals surface area contributed by atoms with Crippen LogP contribution in [0.25, 0.3) is 0 Å². The number of carbonyl (C=O) groups excluding carboxylic acids is 2. The summed E-state index contributed by atoms with van der Waals surface area (Å²) in [5, 5.41) is 11.0. The van der Waals surface area contributed by atoms with Crippen LogP contribution in [-0.4, -0.2) is 93.5 Å². The average Bonchev–Trinajstić information content (AvgIpc) is 2.46. The Hall–Kier alpha value is -0.774. The second-order valence-electron chi connectivity index (χ2n) is 4.48. The van der Waals surface area contributed by atoms with Gasteiger partial charge in [-0.3, -0.25) is 9.59 Å². The zero-order valence-corrected chi connectivity index (χ0v) is 11.6. The van der Waals surface area contributed by atoms with Gasteiger partial charge in [0.1, 0.15) is 6.04 Å². The molecule has 1 aromatic carbocycles. The van der Waals surface area contributed by atoms with Crippen molar-refractivity contribution >= 4 is 69.2 Å². The molecule has 4 N–H and O–H groups in total. The summed E-state index contributed by atoms with van der Waals surface area (Å²) in [4.78, 5) is 34.0. The van der Waals surface area contributed by atoms with Gasteiger partial charge in [-0.15, -0.1) is 0 Å². The Morgan fingerprint density at radius 3 is 2.36 bits per heavy atom. The molecule has 1 amide bonds. The maximum atomic E-state index is 11.8. The van der Waals surface area contributed by atoms with Gasteiger partial charge in [-0.25, -0.2) is 4.79 Å². The fraction of sp³-hybridized carbons (Fsp3) is 0.357. The molecule has 0 saturated carbocycles. The van der Waals surface area contributed by atoms with E-state index in [-0.39, 0.29) is 57.8 Å². The van der Waals surface area contributed by atoms with Crippen LogP contribution in [0, 0.1) is 0 Å². The number of nitrogens with two attached hydrogens (primary N) is 1. The second kappa shape index (κ2) is 10.9. The fourth-order valence-electron chi connectivity index (χ4n) is 1.74. The predicted molar refractivity (Wildman–Crippen MR) is 81.5 cm³/mol. The summed E-state index contributed by atoms with van der Waals surface area (Å²) in [5.41, 5.74) is 6.29. The topological polar surface area (TPSA) is 119 Å². The Bertz CT molecular complexity index is 509. The molecule has 116 valence electrons. The normalized spacial score (nSPS) is 12.5. The van der Waals surface area contributed by atoms with Crippen LogP contribution in [0.3, 0.4) is 0 Å². The number of rotatable bonds is 7. The van der Waals surface area contributed by atoms with Crippen molar-refractivity contribution in [2.45, 2.75) is 24.9 Å². The molecule has 8 heteroatoms. The molecule has 1 aromatic rings. The first kappa shape index (κ1) is 21.2. The third kappa shape index (κ3) is 7.48. The van der Waals surface area contributed by atoms with Crippen molar-refractivity contribution in [3.05, 3.63) is 35.9 Å². The number of hydrogen-bond donors (Lipinski definition) is 3. The molecule has 0 fully saturated rings. The van der Waals surface area contributed by atoms with Gasteiger partial charge in [0, 0.05) is 6.42 Å². The summed E-state index contributed by atoms with van der Waals surface area (Å²) >= 11 is 0. The minimum atomic E-state index is -1.22. The van der Waals surface area contributed by atoms with E-state index >= 15 is 0 Å². The third-order valence-corrected chi connectivity index (χ3v) is 2.82. The first-order valence-electron chi connectivity index (χ1n) is 6.33. The summed E-state index contributed by atoms with van der Waals surface area (Å²) in [6.45, 7) is 0. The van der Waals surface area contributed by atoms with Gasteiger partial charge >= 0.3 is 63.3 Å². The molecule has 0 aliphatic heterocycles. The molecule has 0 saturated heterocycles. The van der Waals surface area contributed by atoms with Crippen molar-refractivity contribution < 1.29 is 24.2 Å². The molecule has 0 bridgehead atoms. The van der Waals surface area contributed by atoms with Crippen molar-refractivity contribution in [2.24, 2.45) is 5.73 Å². The van der Waals surface area contributed by atoms with Gasteiger partial charge in [-0.1, -0.05) is 30.3 Å². The summed E-state index contributed by atoms with van der Waals surface area (Å²) < 4.78 is 4.64. The first-order valence-corrected chi connectivity index (χ1v) is 6.33. The SMILES string of the molecule is COC(=O)[C@H](Cc1ccccc1)NC(=O)[C@@H](N)CC(=O)O.[KH]. The Labute approximate surface area is 171 Å². The maximum absolute atomic E-state index is 11.8. The van der Waals surface area contributed by atoms with Crippen molar-refractivity contribution in [3.8, 4) is 0 Å². The van der Waals surface area contributed by atoms with E-state index in [1.807, 2.05) is 18.2 Å². The number of amides is 1. The van der Waals surface area contributed by atoms with Gasteiger partial charge in [-0.2, -0.15) is 0 Å². The fourth-order valence-corrected chi connectivity index (χ4v) is 1.74. The van der Waals surface area contributed by atoms with Crippen LogP contribution in [0.15, 0.2) is 30.3 Å². The van der Waals surface area contributed by atoms with Crippen LogP contribution in [0.2, 0.25) is 0 Å². The van der Waals surface area contributed by atoms with Crippen LogP contribution >= 0.6 is 0 Å². The molecule has 0 aliphatic carbocycles. The minimum absolute atomic E-state index is 0. The van der Waals surface area contributed by atoms with E-state index in [4.69, 9.17) is 10.8 Å². The number of carboxylic acids is 1. The Morgan fingerprint density at radius 2 is 1.86 bits per heavy atom. The van der Waals surface area contributed by atoms with Crippen molar-refractivity contribution in [3.63, 3.8) is 0 Å². The summed E-state index contributed by atoms with van der Waals surface area (Å²) in [7, 11) is 1.21. The molecule has 0 heterocycles. The monoisotopic (exact) mass is 334 g/mol. The molecular formula is C14H19KN2O5. The quantitative estimate of drug-likeness (QED) is 0.436. The van der Waals surface area contributed by atoms with Gasteiger partial charge < -0.3 is 20.9 Å². The molecule has 0 spiro atoms. The van der Waals surface area contributed by atoms with E-state index in [1.54, 1.807) is 12.1 Å². The van der Waals surface area contributed by atoms with Crippen LogP contribution in [-0.2, 0) is 25.5 Å². The number of methoxy groups -OCH3 is 1. The molecule has 0 aromatic heterocycles. The van der Waals surface area contributed by atoms with E-state index in [2.05, 4.69) is 10.1 Å². The number of carboxylic acid groups (broad SMARTS) is 1. The Kier molecular flexibility index (Phi) is 10.5. The zero-order valence-electron chi connectivity index (χ0n) is 11.6. The number of hydrogen-bond acceptors (Lipinski definition) is 5. The molecule has 0 aliphatic rings. The average molecular weight is 334 g/mol. The molecule has 0 radical (unpaired) electrons. The predicted octanol–water partition coefficient (Wildman–Crippen LogP) is -0.960. The third-order valence-electron chi connectivity index (χ3n) is 2.82. The van der Waals surface area contributed by atoms with Crippen LogP contribution in [0.4, 0.5) is 0 Å². The van der Waals surface area contributed by atoms with Crippen molar-refractivity contribution in [1.29, 1.82) is 0 Å². The standard InChI is InChI=1S/C14H18N2O5.K.H/c1-21-14(20)11(7-9-5-3-2-4-6-9)16-13(19)10(15)8-12(17)18;;/h2-6,10-11H,7-8,15H2,1H3,(H,16,19)(H,17,18);;/t10-,11-;;/m0../s1. The van der Waals surface area contributed by atoms with E-state index in [0.717, 1.165) is 5.56 Å². The van der Waals surface area contributed by atoms with Crippen LogP contribution < -0.4 is 11.1 Å². The summed E-state index contributed by atoms with van der Waals surface area (Å²) in [5.74, 6) is -2.51. The van der Waals surface area contributed by atoms with Gasteiger partial charge in [-0.05, 0) is 5.56 Å². The van der Waals surface area contributed by atoms with E-state index < -0.39 is 36.4 Å². The van der Waals surface area contributed by atoms with Crippen molar-refractivity contribution in [2.75, 3.05) is 7.11 Å². The van der Waals surface area contributed by atoms with Crippen molar-refractivity contribution in [1.82, 2.24) is 5.32 Å². The molecule has 22 heavy (non-hydrogen) atoms. The molecule has 2 atom stereocenters. The molecule has 0 unspecified atom stereocenters. The number of carbonyl (C=O) groups is 3. The Morgan fingerprint density at radius 1 is 1.27 bits per heavy atom. The number of ether oxygens (including phenoxy) is 1. The van der Waals surface area contributed by atoms with Gasteiger partial charge in [0.25, 0.3) is 0 Å². The number of nitrogens with one attached hydrogen (secondary N) is 1. The van der Waals surface area contributed by atoms with Crippen LogP contribution in [0.1, 0.15) is 12.0 Å². The number of aliphatic carboxylic acids is 1. The first-order chi connectivity index (χ1) is 9.93. The second-order valence-corrected chi connectivity index (χ2v) is 4.48.